The third kappa shape index (κ3) is 2.87. The van der Waals surface area contributed by atoms with Crippen LogP contribution in [0.25, 0.3) is 0 Å². The monoisotopic (exact) mass is 324 g/mol. The first kappa shape index (κ1) is 15.8. The van der Waals surface area contributed by atoms with E-state index in [1.165, 1.54) is 0 Å². The number of fused-ring (bicyclic) bond motifs is 1. The Hall–Kier alpha value is -1.11. The number of nitrogens with zero attached hydrogens (tertiary/aromatic N) is 1. The van der Waals surface area contributed by atoms with Gasteiger partial charge in [-0.15, -0.1) is 0 Å². The highest BCUT2D eigenvalue weighted by Gasteiger charge is 2.41. The lowest BCUT2D eigenvalue weighted by molar-refractivity contribution is 0.240. The summed E-state index contributed by atoms with van der Waals surface area (Å²) in [4.78, 5) is 0.369. The molecule has 2 fully saturated rings. The van der Waals surface area contributed by atoms with Crippen LogP contribution in [0, 0.1) is 18.8 Å². The first-order valence-electron chi connectivity index (χ1n) is 7.86. The summed E-state index contributed by atoms with van der Waals surface area (Å²) in [6.45, 7) is 8.92. The fourth-order valence-electron chi connectivity index (χ4n) is 3.33. The lowest BCUT2D eigenvalue weighted by atomic mass is 10.0. The molecule has 0 aliphatic carbocycles. The number of hydrogen-bond acceptors (Lipinski definition) is 4. The van der Waals surface area contributed by atoms with E-state index in [1.54, 1.807) is 22.5 Å². The van der Waals surface area contributed by atoms with Crippen molar-refractivity contribution in [2.75, 3.05) is 26.2 Å². The van der Waals surface area contributed by atoms with Crippen LogP contribution in [0.15, 0.2) is 23.1 Å². The van der Waals surface area contributed by atoms with Crippen molar-refractivity contribution in [1.29, 1.82) is 0 Å². The molecule has 2 aliphatic heterocycles. The minimum atomic E-state index is -3.40. The highest BCUT2D eigenvalue weighted by Crippen LogP contribution is 2.32. The molecule has 0 saturated carbocycles. The summed E-state index contributed by atoms with van der Waals surface area (Å²) in [5.74, 6) is 1.66. The number of sulfonamides is 1. The fourth-order valence-corrected chi connectivity index (χ4v) is 4.97. The van der Waals surface area contributed by atoms with Crippen molar-refractivity contribution in [1.82, 2.24) is 9.62 Å². The van der Waals surface area contributed by atoms with Gasteiger partial charge in [-0.25, -0.2) is 8.42 Å². The van der Waals surface area contributed by atoms with Crippen molar-refractivity contribution in [2.24, 2.45) is 11.8 Å². The molecule has 0 aromatic heterocycles. The first-order chi connectivity index (χ1) is 10.4. The van der Waals surface area contributed by atoms with E-state index in [4.69, 9.17) is 4.74 Å². The van der Waals surface area contributed by atoms with Gasteiger partial charge < -0.3 is 10.1 Å². The van der Waals surface area contributed by atoms with Crippen LogP contribution < -0.4 is 10.1 Å². The van der Waals surface area contributed by atoms with Gasteiger partial charge in [0.25, 0.3) is 0 Å². The first-order valence-corrected chi connectivity index (χ1v) is 9.30. The third-order valence-corrected chi connectivity index (χ3v) is 6.33. The molecule has 6 heteroatoms. The van der Waals surface area contributed by atoms with E-state index < -0.39 is 10.0 Å². The van der Waals surface area contributed by atoms with Gasteiger partial charge in [0.15, 0.2) is 0 Å². The van der Waals surface area contributed by atoms with Gasteiger partial charge in [0.05, 0.1) is 11.0 Å². The smallest absolute Gasteiger partial charge is 0.243 e. The molecule has 5 nitrogen and oxygen atoms in total. The van der Waals surface area contributed by atoms with Crippen LogP contribution in [-0.2, 0) is 10.0 Å². The van der Waals surface area contributed by atoms with Gasteiger partial charge in [0, 0.05) is 13.1 Å². The van der Waals surface area contributed by atoms with Crippen molar-refractivity contribution >= 4 is 10.0 Å². The van der Waals surface area contributed by atoms with E-state index in [2.05, 4.69) is 5.32 Å². The van der Waals surface area contributed by atoms with Gasteiger partial charge in [0.2, 0.25) is 10.0 Å². The van der Waals surface area contributed by atoms with Crippen molar-refractivity contribution < 1.29 is 13.2 Å². The lowest BCUT2D eigenvalue weighted by Crippen LogP contribution is -2.32. The Morgan fingerprint density at radius 1 is 1.23 bits per heavy atom. The molecule has 1 N–H and O–H groups in total. The van der Waals surface area contributed by atoms with Gasteiger partial charge in [-0.1, -0.05) is 0 Å². The van der Waals surface area contributed by atoms with Crippen LogP contribution in [0.1, 0.15) is 19.4 Å². The SMILES string of the molecule is Cc1cc(S(=O)(=O)N2C[C@H]3CNC[C@H]3C2)ccc1OC(C)C. The second-order valence-electron chi connectivity index (χ2n) is 6.59. The maximum Gasteiger partial charge on any atom is 0.243 e. The molecule has 1 aromatic rings. The van der Waals surface area contributed by atoms with Gasteiger partial charge in [-0.3, -0.25) is 0 Å². The van der Waals surface area contributed by atoms with Crippen molar-refractivity contribution in [3.63, 3.8) is 0 Å². The molecule has 0 bridgehead atoms. The van der Waals surface area contributed by atoms with Crippen LogP contribution in [0.3, 0.4) is 0 Å². The summed E-state index contributed by atoms with van der Waals surface area (Å²) in [5, 5.41) is 3.33. The summed E-state index contributed by atoms with van der Waals surface area (Å²) < 4.78 is 33.0. The summed E-state index contributed by atoms with van der Waals surface area (Å²) in [5.41, 5.74) is 0.857. The van der Waals surface area contributed by atoms with Crippen molar-refractivity contribution in [2.45, 2.75) is 31.8 Å². The Kier molecular flexibility index (Phi) is 4.18. The zero-order valence-corrected chi connectivity index (χ0v) is 14.2. The molecule has 0 radical (unpaired) electrons. The predicted octanol–water partition coefficient (Wildman–Crippen LogP) is 1.62. The average molecular weight is 324 g/mol. The number of nitrogens with one attached hydrogen (secondary N) is 1. The Morgan fingerprint density at radius 2 is 1.86 bits per heavy atom. The number of benzene rings is 1. The van der Waals surface area contributed by atoms with Crippen molar-refractivity contribution in [3.05, 3.63) is 23.8 Å². The largest absolute Gasteiger partial charge is 0.491 e. The molecule has 3 rings (SSSR count). The molecular formula is C16H24N2O3S. The fraction of sp³-hybridized carbons (Fsp3) is 0.625. The quantitative estimate of drug-likeness (QED) is 0.914. The molecule has 2 saturated heterocycles. The van der Waals surface area contributed by atoms with Crippen molar-refractivity contribution in [3.8, 4) is 5.75 Å². The molecule has 2 aliphatic rings. The summed E-state index contributed by atoms with van der Waals surface area (Å²) in [6.07, 6.45) is 0.0756. The molecule has 2 heterocycles. The van der Waals surface area contributed by atoms with E-state index in [0.29, 0.717) is 29.8 Å². The van der Waals surface area contributed by atoms with Gasteiger partial charge in [-0.05, 0) is 69.5 Å². The molecule has 0 spiro atoms. The van der Waals surface area contributed by atoms with Crippen LogP contribution in [0.2, 0.25) is 0 Å². The van der Waals surface area contributed by atoms with Gasteiger partial charge in [0.1, 0.15) is 5.75 Å². The predicted molar refractivity (Wildman–Crippen MR) is 85.6 cm³/mol. The summed E-state index contributed by atoms with van der Waals surface area (Å²) >= 11 is 0. The molecule has 1 aromatic carbocycles. The summed E-state index contributed by atoms with van der Waals surface area (Å²) in [6, 6.07) is 5.15. The Bertz CT molecular complexity index is 645. The average Bonchev–Trinajstić information content (AvgIpc) is 3.01. The number of rotatable bonds is 4. The van der Waals surface area contributed by atoms with Crippen LogP contribution in [0.5, 0.6) is 5.75 Å². The molecular weight excluding hydrogens is 300 g/mol. The standard InChI is InChI=1S/C16H24N2O3S/c1-11(2)21-16-5-4-15(6-12(16)3)22(19,20)18-9-13-7-17-8-14(13)10-18/h4-6,11,13-14,17H,7-10H2,1-3H3/t13-,14+. The Labute approximate surface area is 132 Å². The molecule has 0 unspecified atom stereocenters. The molecule has 22 heavy (non-hydrogen) atoms. The minimum absolute atomic E-state index is 0.0756. The van der Waals surface area contributed by atoms with Gasteiger partial charge in [-0.2, -0.15) is 4.31 Å². The maximum atomic E-state index is 12.8. The number of hydrogen-bond donors (Lipinski definition) is 1. The second-order valence-corrected chi connectivity index (χ2v) is 8.53. The lowest BCUT2D eigenvalue weighted by Gasteiger charge is -2.19. The normalized spacial score (nSPS) is 25.6. The van der Waals surface area contributed by atoms with E-state index in [9.17, 15) is 8.42 Å². The third-order valence-electron chi connectivity index (χ3n) is 4.50. The van der Waals surface area contributed by atoms with E-state index in [0.717, 1.165) is 24.4 Å². The van der Waals surface area contributed by atoms with Crippen LogP contribution in [0.4, 0.5) is 0 Å². The van der Waals surface area contributed by atoms with Crippen LogP contribution in [-0.4, -0.2) is 45.0 Å². The molecule has 122 valence electrons. The van der Waals surface area contributed by atoms with E-state index in [-0.39, 0.29) is 6.10 Å². The number of aryl methyl sites for hydroxylation is 1. The van der Waals surface area contributed by atoms with E-state index >= 15 is 0 Å². The van der Waals surface area contributed by atoms with E-state index in [1.807, 2.05) is 20.8 Å². The maximum absolute atomic E-state index is 12.8. The number of ether oxygens (including phenoxy) is 1. The highest BCUT2D eigenvalue weighted by molar-refractivity contribution is 7.89. The molecule has 0 amide bonds. The second kappa shape index (κ2) is 5.83. The van der Waals surface area contributed by atoms with Crippen LogP contribution >= 0.6 is 0 Å². The Morgan fingerprint density at radius 3 is 2.41 bits per heavy atom. The summed E-state index contributed by atoms with van der Waals surface area (Å²) in [7, 11) is -3.40. The zero-order chi connectivity index (χ0) is 15.9. The zero-order valence-electron chi connectivity index (χ0n) is 13.4. The van der Waals surface area contributed by atoms with Gasteiger partial charge >= 0.3 is 0 Å². The molecule has 2 atom stereocenters. The highest BCUT2D eigenvalue weighted by atomic mass is 32.2. The topological polar surface area (TPSA) is 58.6 Å². The minimum Gasteiger partial charge on any atom is -0.491 e. The Balaban J connectivity index is 1.82.